The second-order valence-corrected chi connectivity index (χ2v) is 5.47. The Morgan fingerprint density at radius 1 is 1.53 bits per heavy atom. The third-order valence-corrected chi connectivity index (χ3v) is 4.17. The van der Waals surface area contributed by atoms with Crippen molar-refractivity contribution in [2.24, 2.45) is 11.1 Å². The topological polar surface area (TPSA) is 83.8 Å². The minimum Gasteiger partial charge on any atom is -0.327 e. The molecule has 0 saturated heterocycles. The largest absolute Gasteiger partial charge is 0.327 e. The number of H-pyrrole nitrogens is 1. The number of nitrogens with two attached hydrogens (primary N) is 1. The lowest BCUT2D eigenvalue weighted by atomic mass is 9.84. The highest BCUT2D eigenvalue weighted by Crippen LogP contribution is 2.37. The van der Waals surface area contributed by atoms with E-state index in [2.05, 4.69) is 15.3 Å². The second kappa shape index (κ2) is 4.35. The van der Waals surface area contributed by atoms with Gasteiger partial charge in [0.25, 0.3) is 0 Å². The van der Waals surface area contributed by atoms with Crippen LogP contribution >= 0.6 is 0 Å². The first kappa shape index (κ1) is 12.2. The second-order valence-electron chi connectivity index (χ2n) is 5.47. The Balaban J connectivity index is 1.83. The number of carbonyl (C=O) groups excluding carboxylic acids is 1. The lowest BCUT2D eigenvalue weighted by molar-refractivity contribution is -0.125. The molecular weight excluding hydrogens is 240 g/mol. The highest BCUT2D eigenvalue weighted by molar-refractivity contribution is 5.95. The number of hydrogen-bond donors (Lipinski definition) is 3. The zero-order valence-corrected chi connectivity index (χ0v) is 10.9. The molecule has 0 aliphatic heterocycles. The van der Waals surface area contributed by atoms with E-state index in [1.165, 1.54) is 0 Å². The predicted molar refractivity (Wildman–Crippen MR) is 74.7 cm³/mol. The average Bonchev–Trinajstić information content (AvgIpc) is 2.94. The van der Waals surface area contributed by atoms with Crippen LogP contribution in [0.25, 0.3) is 11.0 Å². The first-order valence-electron chi connectivity index (χ1n) is 6.61. The molecule has 5 nitrogen and oxygen atoms in total. The van der Waals surface area contributed by atoms with E-state index in [-0.39, 0.29) is 11.9 Å². The molecule has 1 fully saturated rings. The zero-order valence-electron chi connectivity index (χ0n) is 10.9. The molecule has 2 atom stereocenters. The van der Waals surface area contributed by atoms with Crippen LogP contribution in [0.15, 0.2) is 24.3 Å². The van der Waals surface area contributed by atoms with Crippen LogP contribution in [0.2, 0.25) is 0 Å². The number of amides is 1. The fraction of sp³-hybridized carbons (Fsp3) is 0.429. The van der Waals surface area contributed by atoms with Gasteiger partial charge in [0.2, 0.25) is 11.9 Å². The van der Waals surface area contributed by atoms with Crippen molar-refractivity contribution in [3.05, 3.63) is 24.3 Å². The third-order valence-electron chi connectivity index (χ3n) is 4.17. The van der Waals surface area contributed by atoms with E-state index in [0.717, 1.165) is 30.3 Å². The van der Waals surface area contributed by atoms with Crippen LogP contribution in [0.1, 0.15) is 26.2 Å². The molecular formula is C14H18N4O. The molecule has 0 radical (unpaired) electrons. The average molecular weight is 258 g/mol. The summed E-state index contributed by atoms with van der Waals surface area (Å²) in [6, 6.07) is 7.62. The molecule has 1 aromatic carbocycles. The third kappa shape index (κ3) is 2.00. The van der Waals surface area contributed by atoms with Crippen molar-refractivity contribution < 1.29 is 4.79 Å². The van der Waals surface area contributed by atoms with Crippen molar-refractivity contribution in [2.75, 3.05) is 5.32 Å². The molecule has 1 saturated carbocycles. The summed E-state index contributed by atoms with van der Waals surface area (Å²) >= 11 is 0. The van der Waals surface area contributed by atoms with Gasteiger partial charge in [-0.25, -0.2) is 4.98 Å². The van der Waals surface area contributed by atoms with Crippen molar-refractivity contribution >= 4 is 22.9 Å². The summed E-state index contributed by atoms with van der Waals surface area (Å²) in [6.07, 6.45) is 2.75. The molecule has 1 aliphatic rings. The molecule has 2 aromatic rings. The van der Waals surface area contributed by atoms with Crippen LogP contribution in [-0.2, 0) is 4.79 Å². The summed E-state index contributed by atoms with van der Waals surface area (Å²) in [6.45, 7) is 1.93. The fourth-order valence-corrected chi connectivity index (χ4v) is 2.74. The maximum absolute atomic E-state index is 12.4. The highest BCUT2D eigenvalue weighted by atomic mass is 16.2. The molecule has 0 bridgehead atoms. The molecule has 19 heavy (non-hydrogen) atoms. The van der Waals surface area contributed by atoms with E-state index in [1.54, 1.807) is 0 Å². The zero-order chi connectivity index (χ0) is 13.5. The minimum atomic E-state index is -0.487. The lowest BCUT2D eigenvalue weighted by Gasteiger charge is -2.26. The van der Waals surface area contributed by atoms with Gasteiger partial charge in [0.15, 0.2) is 0 Å². The summed E-state index contributed by atoms with van der Waals surface area (Å²) in [5.74, 6) is 0.447. The summed E-state index contributed by atoms with van der Waals surface area (Å²) < 4.78 is 0. The van der Waals surface area contributed by atoms with Crippen molar-refractivity contribution in [1.29, 1.82) is 0 Å². The number of anilines is 1. The smallest absolute Gasteiger partial charge is 0.234 e. The number of para-hydroxylation sites is 2. The van der Waals surface area contributed by atoms with Gasteiger partial charge in [0.05, 0.1) is 16.4 Å². The van der Waals surface area contributed by atoms with E-state index in [9.17, 15) is 4.79 Å². The van der Waals surface area contributed by atoms with Crippen LogP contribution in [0.3, 0.4) is 0 Å². The van der Waals surface area contributed by atoms with E-state index < -0.39 is 5.41 Å². The monoisotopic (exact) mass is 258 g/mol. The number of nitrogens with zero attached hydrogens (tertiary/aromatic N) is 1. The first-order chi connectivity index (χ1) is 9.09. The Morgan fingerprint density at radius 3 is 3.00 bits per heavy atom. The number of carbonyl (C=O) groups is 1. The predicted octanol–water partition coefficient (Wildman–Crippen LogP) is 2.02. The maximum Gasteiger partial charge on any atom is 0.234 e. The van der Waals surface area contributed by atoms with Gasteiger partial charge in [-0.15, -0.1) is 0 Å². The van der Waals surface area contributed by atoms with Crippen LogP contribution < -0.4 is 11.1 Å². The maximum atomic E-state index is 12.4. The Hall–Kier alpha value is -1.88. The number of hydrogen-bond acceptors (Lipinski definition) is 3. The number of rotatable bonds is 2. The standard InChI is InChI=1S/C14H18N4O/c1-14(8-4-7-11(14)15)12(19)18-13-16-9-5-2-3-6-10(9)17-13/h2-3,5-6,11H,4,7-8,15H2,1H3,(H2,16,17,18,19). The number of aromatic amines is 1. The van der Waals surface area contributed by atoms with Gasteiger partial charge in [0, 0.05) is 6.04 Å². The highest BCUT2D eigenvalue weighted by Gasteiger charge is 2.43. The number of imidazole rings is 1. The van der Waals surface area contributed by atoms with E-state index in [4.69, 9.17) is 5.73 Å². The van der Waals surface area contributed by atoms with Crippen LogP contribution in [0, 0.1) is 5.41 Å². The van der Waals surface area contributed by atoms with E-state index in [0.29, 0.717) is 5.95 Å². The van der Waals surface area contributed by atoms with Gasteiger partial charge in [-0.1, -0.05) is 18.6 Å². The molecule has 1 aliphatic carbocycles. The molecule has 0 spiro atoms. The Morgan fingerprint density at radius 2 is 2.32 bits per heavy atom. The molecule has 1 aromatic heterocycles. The number of nitrogens with one attached hydrogen (secondary N) is 2. The number of fused-ring (bicyclic) bond motifs is 1. The Bertz CT molecular complexity index is 588. The van der Waals surface area contributed by atoms with Crippen LogP contribution in [0.5, 0.6) is 0 Å². The van der Waals surface area contributed by atoms with Gasteiger partial charge in [-0.05, 0) is 31.9 Å². The SMILES string of the molecule is CC1(C(=O)Nc2nc3ccccc3[nH]2)CCCC1N. The number of benzene rings is 1. The van der Waals surface area contributed by atoms with Crippen molar-refractivity contribution in [3.8, 4) is 0 Å². The van der Waals surface area contributed by atoms with Crippen molar-refractivity contribution in [1.82, 2.24) is 9.97 Å². The summed E-state index contributed by atoms with van der Waals surface area (Å²) in [5, 5.41) is 2.86. The molecule has 1 amide bonds. The quantitative estimate of drug-likeness (QED) is 0.770. The fourth-order valence-electron chi connectivity index (χ4n) is 2.74. The lowest BCUT2D eigenvalue weighted by Crippen LogP contribution is -2.44. The molecule has 3 rings (SSSR count). The van der Waals surface area contributed by atoms with Gasteiger partial charge in [0.1, 0.15) is 0 Å². The summed E-state index contributed by atoms with van der Waals surface area (Å²) in [7, 11) is 0. The van der Waals surface area contributed by atoms with Gasteiger partial charge >= 0.3 is 0 Å². The molecule has 100 valence electrons. The molecule has 2 unspecified atom stereocenters. The number of aromatic nitrogens is 2. The van der Waals surface area contributed by atoms with Gasteiger partial charge < -0.3 is 10.7 Å². The van der Waals surface area contributed by atoms with Crippen molar-refractivity contribution in [3.63, 3.8) is 0 Å². The molecule has 4 N–H and O–H groups in total. The van der Waals surface area contributed by atoms with Crippen LogP contribution in [0.4, 0.5) is 5.95 Å². The van der Waals surface area contributed by atoms with Gasteiger partial charge in [-0.2, -0.15) is 0 Å². The Labute approximate surface area is 111 Å². The van der Waals surface area contributed by atoms with E-state index >= 15 is 0 Å². The first-order valence-corrected chi connectivity index (χ1v) is 6.61. The van der Waals surface area contributed by atoms with Crippen LogP contribution in [-0.4, -0.2) is 21.9 Å². The molecule has 5 heteroatoms. The minimum absolute atomic E-state index is 0.0449. The Kier molecular flexibility index (Phi) is 2.78. The normalized spacial score (nSPS) is 26.7. The van der Waals surface area contributed by atoms with E-state index in [1.807, 2.05) is 31.2 Å². The molecule has 1 heterocycles. The summed E-state index contributed by atoms with van der Waals surface area (Å²) in [5.41, 5.74) is 7.33. The van der Waals surface area contributed by atoms with Crippen molar-refractivity contribution in [2.45, 2.75) is 32.2 Å². The summed E-state index contributed by atoms with van der Waals surface area (Å²) in [4.78, 5) is 19.8. The van der Waals surface area contributed by atoms with Gasteiger partial charge in [-0.3, -0.25) is 10.1 Å².